The fourth-order valence-electron chi connectivity index (χ4n) is 2.89. The highest BCUT2D eigenvalue weighted by molar-refractivity contribution is 9.10. The third-order valence-electron chi connectivity index (χ3n) is 3.94. The molecule has 136 valence electrons. The van der Waals surface area contributed by atoms with Crippen molar-refractivity contribution in [1.82, 2.24) is 4.90 Å². The van der Waals surface area contributed by atoms with E-state index in [1.165, 1.54) is 11.8 Å². The predicted octanol–water partition coefficient (Wildman–Crippen LogP) is 4.78. The van der Waals surface area contributed by atoms with Crippen LogP contribution in [-0.2, 0) is 9.53 Å². The summed E-state index contributed by atoms with van der Waals surface area (Å²) in [7, 11) is 0. The van der Waals surface area contributed by atoms with Crippen LogP contribution in [0.15, 0.2) is 63.2 Å². The Bertz CT molecular complexity index is 832. The van der Waals surface area contributed by atoms with Gasteiger partial charge in [-0.3, -0.25) is 0 Å². The number of nitrogens with zero attached hydrogens (tertiary/aromatic N) is 2. The average molecular weight is 435 g/mol. The van der Waals surface area contributed by atoms with Crippen LogP contribution >= 0.6 is 27.7 Å². The molecule has 7 heteroatoms. The Hall–Kier alpha value is -1.99. The first kappa shape index (κ1) is 18.8. The Morgan fingerprint density at radius 2 is 2.31 bits per heavy atom. The molecule has 2 aliphatic rings. The van der Waals surface area contributed by atoms with E-state index in [1.807, 2.05) is 41.6 Å². The maximum atomic E-state index is 12.7. The fraction of sp³-hybridized carbons (Fsp3) is 0.263. The molecule has 0 amide bonds. The van der Waals surface area contributed by atoms with E-state index in [1.54, 1.807) is 13.0 Å². The molecule has 2 heterocycles. The van der Waals surface area contributed by atoms with Crippen molar-refractivity contribution in [3.8, 4) is 5.75 Å². The molecule has 5 nitrogen and oxygen atoms in total. The van der Waals surface area contributed by atoms with Crippen molar-refractivity contribution >= 4 is 38.8 Å². The lowest BCUT2D eigenvalue weighted by Gasteiger charge is -2.34. The topological polar surface area (TPSA) is 51.1 Å². The van der Waals surface area contributed by atoms with Gasteiger partial charge < -0.3 is 14.4 Å². The molecule has 0 unspecified atom stereocenters. The number of thioether (sulfide) groups is 1. The van der Waals surface area contributed by atoms with E-state index in [4.69, 9.17) is 9.47 Å². The maximum Gasteiger partial charge on any atom is 0.338 e. The van der Waals surface area contributed by atoms with Crippen LogP contribution in [0.25, 0.3) is 0 Å². The SMILES string of the molecule is C=CCOc1ccc(Br)cc1[C@@H]1C(C(=O)OCC)=C(C)N=C2SC=CN21. The predicted molar refractivity (Wildman–Crippen MR) is 108 cm³/mol. The molecule has 0 aromatic heterocycles. The highest BCUT2D eigenvalue weighted by Gasteiger charge is 2.39. The molecule has 0 radical (unpaired) electrons. The molecule has 1 aromatic carbocycles. The molecule has 3 rings (SSSR count). The summed E-state index contributed by atoms with van der Waals surface area (Å²) in [5.74, 6) is 0.331. The van der Waals surface area contributed by atoms with Crippen molar-refractivity contribution < 1.29 is 14.3 Å². The molecule has 26 heavy (non-hydrogen) atoms. The van der Waals surface area contributed by atoms with E-state index in [0.29, 0.717) is 30.2 Å². The van der Waals surface area contributed by atoms with E-state index in [2.05, 4.69) is 27.5 Å². The first-order chi connectivity index (χ1) is 12.6. The van der Waals surface area contributed by atoms with Crippen LogP contribution in [-0.4, -0.2) is 29.3 Å². The van der Waals surface area contributed by atoms with Crippen molar-refractivity contribution in [3.63, 3.8) is 0 Å². The molecule has 0 saturated heterocycles. The zero-order chi connectivity index (χ0) is 18.7. The summed E-state index contributed by atoms with van der Waals surface area (Å²) in [5, 5.41) is 2.78. The monoisotopic (exact) mass is 434 g/mol. The number of rotatable bonds is 6. The molecule has 1 aromatic rings. The van der Waals surface area contributed by atoms with Gasteiger partial charge in [0.15, 0.2) is 5.17 Å². The smallest absolute Gasteiger partial charge is 0.338 e. The van der Waals surface area contributed by atoms with Gasteiger partial charge in [0, 0.05) is 16.2 Å². The number of fused-ring (bicyclic) bond motifs is 1. The van der Waals surface area contributed by atoms with Gasteiger partial charge in [-0.1, -0.05) is 40.3 Å². The quantitative estimate of drug-likeness (QED) is 0.476. The van der Waals surface area contributed by atoms with Crippen molar-refractivity contribution in [2.24, 2.45) is 4.99 Å². The Balaban J connectivity index is 2.15. The van der Waals surface area contributed by atoms with Crippen LogP contribution in [0.4, 0.5) is 0 Å². The number of hydrogen-bond donors (Lipinski definition) is 0. The number of aliphatic imine (C=N–C) groups is 1. The van der Waals surface area contributed by atoms with Gasteiger partial charge in [0.1, 0.15) is 12.4 Å². The summed E-state index contributed by atoms with van der Waals surface area (Å²) in [6.07, 6.45) is 3.62. The molecule has 0 spiro atoms. The van der Waals surface area contributed by atoms with E-state index < -0.39 is 0 Å². The second-order valence-corrected chi connectivity index (χ2v) is 7.40. The minimum absolute atomic E-state index is 0.307. The largest absolute Gasteiger partial charge is 0.489 e. The lowest BCUT2D eigenvalue weighted by Crippen LogP contribution is -2.34. The average Bonchev–Trinajstić information content (AvgIpc) is 3.07. The van der Waals surface area contributed by atoms with Gasteiger partial charge in [-0.05, 0) is 37.5 Å². The number of carbonyl (C=O) groups is 1. The minimum Gasteiger partial charge on any atom is -0.489 e. The van der Waals surface area contributed by atoms with Gasteiger partial charge in [0.2, 0.25) is 0 Å². The zero-order valence-electron chi connectivity index (χ0n) is 14.6. The van der Waals surface area contributed by atoms with Gasteiger partial charge in [-0.25, -0.2) is 9.79 Å². The standard InChI is InChI=1S/C19H19BrN2O3S/c1-4-9-25-15-7-6-13(20)11-14(15)17-16(18(23)24-5-2)12(3)21-19-22(17)8-10-26-19/h4,6-8,10-11,17H,1,5,9H2,2-3H3/t17-/m1/s1. The first-order valence-corrected chi connectivity index (χ1v) is 9.85. The molecule has 0 N–H and O–H groups in total. The lowest BCUT2D eigenvalue weighted by molar-refractivity contribution is -0.139. The van der Waals surface area contributed by atoms with Gasteiger partial charge in [0.05, 0.1) is 23.9 Å². The molecular formula is C19H19BrN2O3S. The molecule has 0 aliphatic carbocycles. The second kappa shape index (κ2) is 8.14. The van der Waals surface area contributed by atoms with Crippen LogP contribution in [0.5, 0.6) is 5.75 Å². The van der Waals surface area contributed by atoms with Crippen LogP contribution in [0.3, 0.4) is 0 Å². The maximum absolute atomic E-state index is 12.7. The molecule has 0 saturated carbocycles. The van der Waals surface area contributed by atoms with E-state index in [0.717, 1.165) is 15.2 Å². The van der Waals surface area contributed by atoms with Crippen LogP contribution in [0, 0.1) is 0 Å². The summed E-state index contributed by atoms with van der Waals surface area (Å²) in [6.45, 7) is 8.03. The normalized spacial score (nSPS) is 18.5. The summed E-state index contributed by atoms with van der Waals surface area (Å²) >= 11 is 5.05. The number of hydrogen-bond acceptors (Lipinski definition) is 6. The Kier molecular flexibility index (Phi) is 5.88. The summed E-state index contributed by atoms with van der Waals surface area (Å²) in [6, 6.07) is 5.40. The molecule has 1 atom stereocenters. The van der Waals surface area contributed by atoms with Crippen molar-refractivity contribution in [1.29, 1.82) is 0 Å². The van der Waals surface area contributed by atoms with Crippen LogP contribution in [0.1, 0.15) is 25.5 Å². The Morgan fingerprint density at radius 3 is 3.04 bits per heavy atom. The van der Waals surface area contributed by atoms with Crippen molar-refractivity contribution in [3.05, 3.63) is 63.8 Å². The van der Waals surface area contributed by atoms with Crippen molar-refractivity contribution in [2.75, 3.05) is 13.2 Å². The fourth-order valence-corrected chi connectivity index (χ4v) is 4.06. The molecule has 0 bridgehead atoms. The van der Waals surface area contributed by atoms with E-state index in [9.17, 15) is 4.79 Å². The third-order valence-corrected chi connectivity index (χ3v) is 5.20. The highest BCUT2D eigenvalue weighted by atomic mass is 79.9. The van der Waals surface area contributed by atoms with Gasteiger partial charge in [-0.2, -0.15) is 0 Å². The number of carbonyl (C=O) groups excluding carboxylic acids is 1. The van der Waals surface area contributed by atoms with E-state index in [-0.39, 0.29) is 12.0 Å². The van der Waals surface area contributed by atoms with E-state index >= 15 is 0 Å². The number of ether oxygens (including phenoxy) is 2. The molecule has 2 aliphatic heterocycles. The van der Waals surface area contributed by atoms with Crippen molar-refractivity contribution in [2.45, 2.75) is 19.9 Å². The summed E-state index contributed by atoms with van der Waals surface area (Å²) in [5.41, 5.74) is 2.04. The third kappa shape index (κ3) is 3.59. The number of halogens is 1. The van der Waals surface area contributed by atoms with Gasteiger partial charge >= 0.3 is 5.97 Å². The molecular weight excluding hydrogens is 416 g/mol. The minimum atomic E-state index is -0.370. The number of benzene rings is 1. The Labute approximate surface area is 165 Å². The second-order valence-electron chi connectivity index (χ2n) is 5.61. The highest BCUT2D eigenvalue weighted by Crippen LogP contribution is 2.44. The summed E-state index contributed by atoms with van der Waals surface area (Å²) in [4.78, 5) is 19.3. The van der Waals surface area contributed by atoms with Gasteiger partial charge in [0.25, 0.3) is 0 Å². The van der Waals surface area contributed by atoms with Gasteiger partial charge in [-0.15, -0.1) is 0 Å². The lowest BCUT2D eigenvalue weighted by atomic mass is 9.94. The number of amidine groups is 1. The first-order valence-electron chi connectivity index (χ1n) is 8.18. The number of allylic oxidation sites excluding steroid dienone is 1. The zero-order valence-corrected chi connectivity index (χ0v) is 17.0. The van der Waals surface area contributed by atoms with Crippen LogP contribution in [0.2, 0.25) is 0 Å². The number of esters is 1. The summed E-state index contributed by atoms with van der Waals surface area (Å²) < 4.78 is 12.1. The molecule has 0 fully saturated rings. The van der Waals surface area contributed by atoms with Crippen LogP contribution < -0.4 is 4.74 Å². The Morgan fingerprint density at radius 1 is 1.50 bits per heavy atom.